The summed E-state index contributed by atoms with van der Waals surface area (Å²) in [6.07, 6.45) is 4.23. The number of aryl methyl sites for hydroxylation is 2. The fraction of sp³-hybridized carbons (Fsp3) is 0.500. The van der Waals surface area contributed by atoms with E-state index in [1.54, 1.807) is 0 Å². The first kappa shape index (κ1) is 15.8. The van der Waals surface area contributed by atoms with Crippen molar-refractivity contribution in [2.24, 2.45) is 5.92 Å². The molecule has 2 atom stereocenters. The first-order valence-electron chi connectivity index (χ1n) is 8.86. The van der Waals surface area contributed by atoms with E-state index in [0.29, 0.717) is 6.04 Å². The number of hydrazine groups is 1. The number of benzene rings is 1. The maximum Gasteiger partial charge on any atom is 0.254 e. The zero-order valence-electron chi connectivity index (χ0n) is 14.3. The minimum absolute atomic E-state index is 0.0141. The summed E-state index contributed by atoms with van der Waals surface area (Å²) in [6.45, 7) is 5.26. The third-order valence-corrected chi connectivity index (χ3v) is 6.34. The minimum atomic E-state index is -0.154. The topological polar surface area (TPSA) is 59.6 Å². The lowest BCUT2D eigenvalue weighted by Crippen LogP contribution is -2.67. The molecule has 132 valence electrons. The van der Waals surface area contributed by atoms with Crippen molar-refractivity contribution in [1.82, 2.24) is 21.0 Å². The molecule has 0 radical (unpaired) electrons. The molecule has 25 heavy (non-hydrogen) atoms. The molecule has 3 N–H and O–H groups in total. The zero-order valence-corrected chi connectivity index (χ0v) is 15.9. The number of hydrogen-bond donors (Lipinski definition) is 3. The lowest BCUT2D eigenvalue weighted by molar-refractivity contribution is -0.122. The molecule has 6 nitrogen and oxygen atoms in total. The molecule has 2 bridgehead atoms. The Morgan fingerprint density at radius 3 is 2.56 bits per heavy atom. The van der Waals surface area contributed by atoms with Crippen molar-refractivity contribution in [3.63, 3.8) is 0 Å². The van der Waals surface area contributed by atoms with E-state index < -0.39 is 0 Å². The molecule has 4 fully saturated rings. The Bertz CT molecular complexity index is 765. The maximum atomic E-state index is 12.6. The minimum Gasteiger partial charge on any atom is -0.324 e. The number of amides is 1. The highest BCUT2D eigenvalue weighted by atomic mass is 79.9. The number of nitrogens with one attached hydrogen (secondary N) is 3. The van der Waals surface area contributed by atoms with Crippen LogP contribution in [0.5, 0.6) is 0 Å². The standard InChI is InChI=1S/C18H22BrN5O/c1-9-3-12(19)4-10(2)15(9)24-8-14-16(22-24)20-18(21-17(14)25)23-7-11-5-13(23)6-11/h3-4,8,11,13,16,18,20,22H,5-7H2,1-2H3,(H,21,25). The highest BCUT2D eigenvalue weighted by Crippen LogP contribution is 2.41. The van der Waals surface area contributed by atoms with Crippen LogP contribution < -0.4 is 21.1 Å². The molecule has 1 aromatic carbocycles. The summed E-state index contributed by atoms with van der Waals surface area (Å²) in [7, 11) is 0. The normalized spacial score (nSPS) is 33.8. The highest BCUT2D eigenvalue weighted by molar-refractivity contribution is 9.10. The van der Waals surface area contributed by atoms with Crippen molar-refractivity contribution >= 4 is 27.5 Å². The predicted octanol–water partition coefficient (Wildman–Crippen LogP) is 1.70. The maximum absolute atomic E-state index is 12.6. The van der Waals surface area contributed by atoms with E-state index in [0.717, 1.165) is 39.3 Å². The van der Waals surface area contributed by atoms with Gasteiger partial charge in [0.05, 0.1) is 11.3 Å². The molecular formula is C18H22BrN5O. The van der Waals surface area contributed by atoms with Crippen molar-refractivity contribution in [3.8, 4) is 0 Å². The van der Waals surface area contributed by atoms with E-state index in [1.165, 1.54) is 12.8 Å². The predicted molar refractivity (Wildman–Crippen MR) is 99.4 cm³/mol. The van der Waals surface area contributed by atoms with Gasteiger partial charge in [0.1, 0.15) is 12.5 Å². The van der Waals surface area contributed by atoms with Crippen LogP contribution in [0.1, 0.15) is 24.0 Å². The molecule has 1 amide bonds. The van der Waals surface area contributed by atoms with E-state index in [1.807, 2.05) is 11.2 Å². The Labute approximate surface area is 155 Å². The molecule has 4 aliphatic heterocycles. The summed E-state index contributed by atoms with van der Waals surface area (Å²) in [5, 5.41) is 8.67. The SMILES string of the molecule is Cc1cc(Br)cc(C)c1N1C=C2C(=O)NC(N3CC4CC3C4)NC2N1. The van der Waals surface area contributed by atoms with Crippen LogP contribution in [-0.2, 0) is 4.79 Å². The van der Waals surface area contributed by atoms with Gasteiger partial charge in [-0.25, -0.2) is 5.43 Å². The van der Waals surface area contributed by atoms with E-state index in [2.05, 4.69) is 62.9 Å². The van der Waals surface area contributed by atoms with Gasteiger partial charge < -0.3 is 5.32 Å². The van der Waals surface area contributed by atoms with Crippen LogP contribution in [0.3, 0.4) is 0 Å². The first-order chi connectivity index (χ1) is 12.0. The van der Waals surface area contributed by atoms with Gasteiger partial charge in [0.25, 0.3) is 5.91 Å². The van der Waals surface area contributed by atoms with Crippen molar-refractivity contribution in [2.45, 2.75) is 45.2 Å². The summed E-state index contributed by atoms with van der Waals surface area (Å²) >= 11 is 3.55. The van der Waals surface area contributed by atoms with Crippen LogP contribution in [-0.4, -0.2) is 35.8 Å². The molecule has 7 heteroatoms. The summed E-state index contributed by atoms with van der Waals surface area (Å²) in [4.78, 5) is 15.0. The number of anilines is 1. The highest BCUT2D eigenvalue weighted by Gasteiger charge is 2.48. The van der Waals surface area contributed by atoms with Crippen LogP contribution in [0, 0.1) is 19.8 Å². The molecule has 1 aliphatic carbocycles. The molecule has 0 spiro atoms. The molecule has 5 aliphatic rings. The zero-order chi connectivity index (χ0) is 17.3. The Balaban J connectivity index is 1.39. The van der Waals surface area contributed by atoms with Crippen molar-refractivity contribution in [2.75, 3.05) is 11.6 Å². The lowest BCUT2D eigenvalue weighted by atomic mass is 9.86. The second-order valence-corrected chi connectivity index (χ2v) is 8.55. The number of fused-ring (bicyclic) bond motifs is 2. The summed E-state index contributed by atoms with van der Waals surface area (Å²) in [6, 6.07) is 4.82. The van der Waals surface area contributed by atoms with Crippen LogP contribution in [0.15, 0.2) is 28.4 Å². The second-order valence-electron chi connectivity index (χ2n) is 7.64. The number of carbonyl (C=O) groups is 1. The van der Waals surface area contributed by atoms with E-state index in [-0.39, 0.29) is 18.4 Å². The Kier molecular flexibility index (Phi) is 3.51. The van der Waals surface area contributed by atoms with Gasteiger partial charge in [0.15, 0.2) is 0 Å². The third-order valence-electron chi connectivity index (χ3n) is 5.88. The van der Waals surface area contributed by atoms with Crippen LogP contribution >= 0.6 is 15.9 Å². The van der Waals surface area contributed by atoms with Gasteiger partial charge in [-0.15, -0.1) is 0 Å². The van der Waals surface area contributed by atoms with Crippen molar-refractivity contribution in [3.05, 3.63) is 39.5 Å². The Hall–Kier alpha value is -1.41. The molecule has 0 aromatic heterocycles. The largest absolute Gasteiger partial charge is 0.324 e. The van der Waals surface area contributed by atoms with E-state index in [9.17, 15) is 4.79 Å². The molecule has 4 heterocycles. The van der Waals surface area contributed by atoms with Gasteiger partial charge >= 0.3 is 0 Å². The number of carbonyl (C=O) groups excluding carboxylic acids is 1. The number of rotatable bonds is 2. The van der Waals surface area contributed by atoms with Gasteiger partial charge in [0.2, 0.25) is 0 Å². The van der Waals surface area contributed by atoms with Crippen molar-refractivity contribution in [1.29, 1.82) is 0 Å². The molecule has 1 aromatic rings. The van der Waals surface area contributed by atoms with E-state index >= 15 is 0 Å². The smallest absolute Gasteiger partial charge is 0.254 e. The molecule has 2 unspecified atom stereocenters. The van der Waals surface area contributed by atoms with Crippen LogP contribution in [0.4, 0.5) is 5.69 Å². The summed E-state index contributed by atoms with van der Waals surface area (Å²) in [5.41, 5.74) is 7.61. The molecule has 3 saturated heterocycles. The quantitative estimate of drug-likeness (QED) is 0.701. The Morgan fingerprint density at radius 2 is 1.92 bits per heavy atom. The molecule has 1 saturated carbocycles. The van der Waals surface area contributed by atoms with Gasteiger partial charge in [-0.2, -0.15) is 0 Å². The van der Waals surface area contributed by atoms with Gasteiger partial charge in [-0.05, 0) is 55.9 Å². The summed E-state index contributed by atoms with van der Waals surface area (Å²) < 4.78 is 1.07. The fourth-order valence-electron chi connectivity index (χ4n) is 4.66. The van der Waals surface area contributed by atoms with Gasteiger partial charge in [0, 0.05) is 23.3 Å². The second kappa shape index (κ2) is 5.54. The molecule has 6 rings (SSSR count). The fourth-order valence-corrected chi connectivity index (χ4v) is 5.34. The first-order valence-corrected chi connectivity index (χ1v) is 9.65. The summed E-state index contributed by atoms with van der Waals surface area (Å²) in [5.74, 6) is 0.835. The Morgan fingerprint density at radius 1 is 1.20 bits per heavy atom. The average molecular weight is 404 g/mol. The van der Waals surface area contributed by atoms with Crippen LogP contribution in [0.25, 0.3) is 0 Å². The van der Waals surface area contributed by atoms with Crippen LogP contribution in [0.2, 0.25) is 0 Å². The molecular weight excluding hydrogens is 382 g/mol. The van der Waals surface area contributed by atoms with E-state index in [4.69, 9.17) is 0 Å². The number of nitrogens with zero attached hydrogens (tertiary/aromatic N) is 2. The van der Waals surface area contributed by atoms with Gasteiger partial charge in [-0.3, -0.25) is 20.0 Å². The van der Waals surface area contributed by atoms with Gasteiger partial charge in [-0.1, -0.05) is 15.9 Å². The monoisotopic (exact) mass is 403 g/mol. The number of halogens is 1. The number of hydrogen-bond acceptors (Lipinski definition) is 5. The third kappa shape index (κ3) is 2.44. The lowest BCUT2D eigenvalue weighted by Gasteiger charge is -2.38. The average Bonchev–Trinajstić information content (AvgIpc) is 3.17. The van der Waals surface area contributed by atoms with Crippen molar-refractivity contribution < 1.29 is 4.79 Å².